The highest BCUT2D eigenvalue weighted by atomic mass is 16.2. The van der Waals surface area contributed by atoms with E-state index in [1.807, 2.05) is 29.4 Å². The fourth-order valence-electron chi connectivity index (χ4n) is 5.83. The highest BCUT2D eigenvalue weighted by molar-refractivity contribution is 5.83. The lowest BCUT2D eigenvalue weighted by atomic mass is 9.96. The number of aryl methyl sites for hydroxylation is 1. The van der Waals surface area contributed by atoms with E-state index in [-0.39, 0.29) is 18.1 Å². The van der Waals surface area contributed by atoms with Gasteiger partial charge in [0, 0.05) is 80.9 Å². The average Bonchev–Trinajstić information content (AvgIpc) is 3.45. The Balaban J connectivity index is 1.08. The highest BCUT2D eigenvalue weighted by Gasteiger charge is 2.33. The predicted molar refractivity (Wildman–Crippen MR) is 136 cm³/mol. The van der Waals surface area contributed by atoms with Crippen molar-refractivity contribution in [1.29, 1.82) is 0 Å². The van der Waals surface area contributed by atoms with Gasteiger partial charge in [-0.2, -0.15) is 0 Å². The molecule has 2 atom stereocenters. The van der Waals surface area contributed by atoms with E-state index in [1.165, 1.54) is 27.7 Å². The van der Waals surface area contributed by atoms with Crippen molar-refractivity contribution in [2.24, 2.45) is 7.05 Å². The number of nitrogens with zero attached hydrogens (tertiary/aromatic N) is 4. The zero-order valence-corrected chi connectivity index (χ0v) is 20.2. The van der Waals surface area contributed by atoms with Crippen molar-refractivity contribution in [2.75, 3.05) is 26.2 Å². The van der Waals surface area contributed by atoms with Gasteiger partial charge in [-0.1, -0.05) is 18.2 Å². The smallest absolute Gasteiger partial charge is 0.317 e. The van der Waals surface area contributed by atoms with Crippen LogP contribution in [0.15, 0.2) is 66.3 Å². The molecule has 2 amide bonds. The maximum Gasteiger partial charge on any atom is 0.317 e. The first-order chi connectivity index (χ1) is 17.2. The van der Waals surface area contributed by atoms with Crippen molar-refractivity contribution in [3.8, 4) is 0 Å². The van der Waals surface area contributed by atoms with Gasteiger partial charge in [0.15, 0.2) is 0 Å². The number of piperidine rings is 1. The van der Waals surface area contributed by atoms with E-state index >= 15 is 0 Å². The largest absolute Gasteiger partial charge is 0.350 e. The standard InChI is InChI=1S/C27H33N7O/c1-32-15-20(22-6-2-3-7-25(22)32)16-33-13-4-5-21(17-33)29-27(35)34-14-10-24-23(18-34)26(31-30-24)19-8-11-28-12-9-19/h2-3,6-9,11-12,15,21,26,30-31H,4-5,10,13-14,16-18H2,1H3,(H,29,35)/t21-,26?/m1/s1. The molecule has 182 valence electrons. The second-order valence-corrected chi connectivity index (χ2v) is 9.96. The highest BCUT2D eigenvalue weighted by Crippen LogP contribution is 2.32. The van der Waals surface area contributed by atoms with E-state index in [1.54, 1.807) is 0 Å². The van der Waals surface area contributed by atoms with E-state index in [0.29, 0.717) is 6.54 Å². The second kappa shape index (κ2) is 9.36. The van der Waals surface area contributed by atoms with Crippen LogP contribution in [-0.2, 0) is 13.6 Å². The van der Waals surface area contributed by atoms with Gasteiger partial charge in [0.2, 0.25) is 0 Å². The van der Waals surface area contributed by atoms with Gasteiger partial charge in [-0.25, -0.2) is 10.2 Å². The van der Waals surface area contributed by atoms with Crippen molar-refractivity contribution in [3.63, 3.8) is 0 Å². The Morgan fingerprint density at radius 2 is 2.03 bits per heavy atom. The topological polar surface area (TPSA) is 77.5 Å². The van der Waals surface area contributed by atoms with Crippen LogP contribution < -0.4 is 16.2 Å². The van der Waals surface area contributed by atoms with Crippen molar-refractivity contribution >= 4 is 16.9 Å². The van der Waals surface area contributed by atoms with E-state index in [9.17, 15) is 4.79 Å². The number of pyridine rings is 1. The number of urea groups is 1. The summed E-state index contributed by atoms with van der Waals surface area (Å²) in [6.45, 7) is 4.24. The molecule has 3 aromatic rings. The lowest BCUT2D eigenvalue weighted by Gasteiger charge is -2.35. The third-order valence-corrected chi connectivity index (χ3v) is 7.63. The van der Waals surface area contributed by atoms with Gasteiger partial charge in [0.05, 0.1) is 6.04 Å². The summed E-state index contributed by atoms with van der Waals surface area (Å²) in [5, 5.41) is 4.67. The minimum Gasteiger partial charge on any atom is -0.350 e. The Labute approximate surface area is 206 Å². The number of hydrogen-bond donors (Lipinski definition) is 3. The van der Waals surface area contributed by atoms with Crippen LogP contribution in [0.2, 0.25) is 0 Å². The molecule has 2 aromatic heterocycles. The molecule has 0 spiro atoms. The molecule has 1 fully saturated rings. The molecule has 8 heteroatoms. The minimum absolute atomic E-state index is 0.0499. The number of aromatic nitrogens is 2. The average molecular weight is 472 g/mol. The first kappa shape index (κ1) is 22.1. The Bertz CT molecular complexity index is 1250. The van der Waals surface area contributed by atoms with Gasteiger partial charge in [-0.3, -0.25) is 9.88 Å². The Morgan fingerprint density at radius 3 is 2.91 bits per heavy atom. The van der Waals surface area contributed by atoms with Crippen molar-refractivity contribution < 1.29 is 4.79 Å². The monoisotopic (exact) mass is 471 g/mol. The second-order valence-electron chi connectivity index (χ2n) is 9.96. The molecule has 1 aromatic carbocycles. The number of carbonyl (C=O) groups excluding carboxylic acids is 1. The van der Waals surface area contributed by atoms with Crippen molar-refractivity contribution in [2.45, 2.75) is 37.9 Å². The van der Waals surface area contributed by atoms with Crippen LogP contribution in [-0.4, -0.2) is 57.6 Å². The van der Waals surface area contributed by atoms with Crippen LogP contribution in [0, 0.1) is 0 Å². The van der Waals surface area contributed by atoms with Crippen LogP contribution in [0.3, 0.4) is 0 Å². The van der Waals surface area contributed by atoms with Crippen LogP contribution in [0.1, 0.15) is 36.4 Å². The molecule has 3 aliphatic rings. The summed E-state index contributed by atoms with van der Waals surface area (Å²) in [5.74, 6) is 0. The Morgan fingerprint density at radius 1 is 1.17 bits per heavy atom. The Hall–Kier alpha value is -3.36. The van der Waals surface area contributed by atoms with Crippen LogP contribution >= 0.6 is 0 Å². The molecule has 35 heavy (non-hydrogen) atoms. The number of amides is 2. The predicted octanol–water partition coefficient (Wildman–Crippen LogP) is 3.06. The van der Waals surface area contributed by atoms with Gasteiger partial charge in [-0.05, 0) is 54.3 Å². The number of hydrazine groups is 1. The molecule has 1 unspecified atom stereocenters. The maximum absolute atomic E-state index is 13.3. The van der Waals surface area contributed by atoms with E-state index in [0.717, 1.165) is 51.0 Å². The van der Waals surface area contributed by atoms with Crippen LogP contribution in [0.4, 0.5) is 4.79 Å². The van der Waals surface area contributed by atoms with E-state index < -0.39 is 0 Å². The number of benzene rings is 1. The van der Waals surface area contributed by atoms with Crippen molar-refractivity contribution in [1.82, 2.24) is 35.5 Å². The maximum atomic E-state index is 13.3. The van der Waals surface area contributed by atoms with Gasteiger partial charge in [0.1, 0.15) is 0 Å². The van der Waals surface area contributed by atoms with Crippen molar-refractivity contribution in [3.05, 3.63) is 77.4 Å². The number of nitrogens with one attached hydrogen (secondary N) is 3. The third-order valence-electron chi connectivity index (χ3n) is 7.63. The summed E-state index contributed by atoms with van der Waals surface area (Å²) < 4.78 is 2.21. The zero-order chi connectivity index (χ0) is 23.8. The normalized spacial score (nSPS) is 22.8. The number of rotatable bonds is 4. The number of likely N-dealkylation sites (tertiary alicyclic amines) is 1. The Kier molecular flexibility index (Phi) is 5.91. The lowest BCUT2D eigenvalue weighted by Crippen LogP contribution is -2.52. The SMILES string of the molecule is Cn1cc(CN2CCC[C@@H](NC(=O)N3CCC4=C(C3)C(c3ccncc3)NN4)C2)c2ccccc21. The number of para-hydroxylation sites is 1. The fourth-order valence-corrected chi connectivity index (χ4v) is 5.83. The lowest BCUT2D eigenvalue weighted by molar-refractivity contribution is 0.164. The fraction of sp³-hybridized carbons (Fsp3) is 0.407. The minimum atomic E-state index is 0.0499. The summed E-state index contributed by atoms with van der Waals surface area (Å²) >= 11 is 0. The van der Waals surface area contributed by atoms with E-state index in [2.05, 4.69) is 68.1 Å². The molecule has 0 aliphatic carbocycles. The van der Waals surface area contributed by atoms with Crippen LogP contribution in [0.25, 0.3) is 10.9 Å². The third kappa shape index (κ3) is 4.39. The zero-order valence-electron chi connectivity index (χ0n) is 20.2. The molecule has 3 aliphatic heterocycles. The molecule has 0 bridgehead atoms. The van der Waals surface area contributed by atoms with Crippen LogP contribution in [0.5, 0.6) is 0 Å². The van der Waals surface area contributed by atoms with Gasteiger partial charge >= 0.3 is 6.03 Å². The van der Waals surface area contributed by atoms with Gasteiger partial charge < -0.3 is 20.2 Å². The summed E-state index contributed by atoms with van der Waals surface area (Å²) in [5.41, 5.74) is 13.0. The quantitative estimate of drug-likeness (QED) is 0.545. The molecule has 8 nitrogen and oxygen atoms in total. The molecule has 0 radical (unpaired) electrons. The molecule has 0 saturated carbocycles. The number of fused-ring (bicyclic) bond motifs is 1. The van der Waals surface area contributed by atoms with Gasteiger partial charge in [-0.15, -0.1) is 0 Å². The molecule has 3 N–H and O–H groups in total. The number of hydrogen-bond acceptors (Lipinski definition) is 5. The number of carbonyl (C=O) groups is 1. The molecule has 1 saturated heterocycles. The summed E-state index contributed by atoms with van der Waals surface area (Å²) in [6.07, 6.45) is 8.85. The first-order valence-corrected chi connectivity index (χ1v) is 12.6. The summed E-state index contributed by atoms with van der Waals surface area (Å²) in [7, 11) is 2.11. The van der Waals surface area contributed by atoms with E-state index in [4.69, 9.17) is 0 Å². The molecular weight excluding hydrogens is 438 g/mol. The molecular formula is C27H33N7O. The van der Waals surface area contributed by atoms with Gasteiger partial charge in [0.25, 0.3) is 0 Å². The molecule has 6 rings (SSSR count). The summed E-state index contributed by atoms with van der Waals surface area (Å²) in [6, 6.07) is 12.9. The molecule has 5 heterocycles. The summed E-state index contributed by atoms with van der Waals surface area (Å²) in [4.78, 5) is 21.8. The first-order valence-electron chi connectivity index (χ1n) is 12.6.